The Morgan fingerprint density at radius 3 is 2.90 bits per heavy atom. The van der Waals surface area contributed by atoms with Gasteiger partial charge in [0.05, 0.1) is 17.6 Å². The van der Waals surface area contributed by atoms with Gasteiger partial charge in [-0.3, -0.25) is 0 Å². The zero-order chi connectivity index (χ0) is 14.1. The van der Waals surface area contributed by atoms with Crippen molar-refractivity contribution in [2.45, 2.75) is 13.5 Å². The largest absolute Gasteiger partial charge is 0.314 e. The molecule has 1 N–H and O–H groups in total. The van der Waals surface area contributed by atoms with Gasteiger partial charge in [0.1, 0.15) is 0 Å². The molecular weight excluding hydrogens is 316 g/mol. The number of imidazole rings is 1. The Morgan fingerprint density at radius 2 is 2.10 bits per heavy atom. The van der Waals surface area contributed by atoms with Crippen molar-refractivity contribution in [3.63, 3.8) is 0 Å². The van der Waals surface area contributed by atoms with Crippen molar-refractivity contribution in [3.8, 4) is 11.3 Å². The maximum atomic E-state index is 4.66. The van der Waals surface area contributed by atoms with Gasteiger partial charge in [-0.15, -0.1) is 0 Å². The monoisotopic (exact) mass is 330 g/mol. The number of halogens is 1. The van der Waals surface area contributed by atoms with E-state index in [0.29, 0.717) is 0 Å². The molecule has 4 nitrogen and oxygen atoms in total. The van der Waals surface area contributed by atoms with Crippen LogP contribution in [0, 0.1) is 6.92 Å². The van der Waals surface area contributed by atoms with Crippen molar-refractivity contribution < 1.29 is 0 Å². The molecule has 3 rings (SSSR count). The van der Waals surface area contributed by atoms with Gasteiger partial charge in [0.2, 0.25) is 0 Å². The zero-order valence-electron chi connectivity index (χ0n) is 11.4. The summed E-state index contributed by atoms with van der Waals surface area (Å²) < 4.78 is 2.89. The maximum Gasteiger partial charge on any atom is 0.153 e. The van der Waals surface area contributed by atoms with Crippen LogP contribution in [0.15, 0.2) is 41.0 Å². The summed E-state index contributed by atoms with van der Waals surface area (Å²) in [6, 6.07) is 10.2. The van der Waals surface area contributed by atoms with E-state index < -0.39 is 0 Å². The van der Waals surface area contributed by atoms with Gasteiger partial charge in [-0.25, -0.2) is 9.50 Å². The van der Waals surface area contributed by atoms with Crippen molar-refractivity contribution in [2.24, 2.45) is 0 Å². The molecule has 0 spiro atoms. The molecule has 0 aliphatic rings. The van der Waals surface area contributed by atoms with Crippen molar-refractivity contribution in [1.29, 1.82) is 0 Å². The molecule has 0 bridgehead atoms. The Bertz CT molecular complexity index is 764. The fourth-order valence-electron chi connectivity index (χ4n) is 2.21. The summed E-state index contributed by atoms with van der Waals surface area (Å²) in [5.41, 5.74) is 5.14. The summed E-state index contributed by atoms with van der Waals surface area (Å²) in [6.45, 7) is 2.84. The van der Waals surface area contributed by atoms with Crippen molar-refractivity contribution >= 4 is 21.6 Å². The molecule has 0 amide bonds. The molecule has 1 aromatic carbocycles. The van der Waals surface area contributed by atoms with E-state index in [0.717, 1.165) is 33.6 Å². The number of aryl methyl sites for hydroxylation is 1. The average molecular weight is 331 g/mol. The number of nitrogens with one attached hydrogen (secondary N) is 1. The highest BCUT2D eigenvalue weighted by atomic mass is 79.9. The Kier molecular flexibility index (Phi) is 3.54. The lowest BCUT2D eigenvalue weighted by Gasteiger charge is -2.06. The minimum atomic E-state index is 0.745. The van der Waals surface area contributed by atoms with Gasteiger partial charge >= 0.3 is 0 Å². The van der Waals surface area contributed by atoms with E-state index in [-0.39, 0.29) is 0 Å². The molecular formula is C15H15BrN4. The average Bonchev–Trinajstić information content (AvgIpc) is 2.83. The van der Waals surface area contributed by atoms with Crippen molar-refractivity contribution in [2.75, 3.05) is 7.05 Å². The lowest BCUT2D eigenvalue weighted by Crippen LogP contribution is -2.04. The first-order chi connectivity index (χ1) is 9.67. The normalized spacial score (nSPS) is 11.2. The van der Waals surface area contributed by atoms with Gasteiger partial charge in [-0.1, -0.05) is 22.0 Å². The fourth-order valence-corrected chi connectivity index (χ4v) is 2.57. The number of benzene rings is 1. The van der Waals surface area contributed by atoms with Gasteiger partial charge in [-0.2, -0.15) is 5.10 Å². The summed E-state index contributed by atoms with van der Waals surface area (Å²) in [4.78, 5) is 4.51. The summed E-state index contributed by atoms with van der Waals surface area (Å²) in [7, 11) is 1.91. The maximum absolute atomic E-state index is 4.66. The van der Waals surface area contributed by atoms with Gasteiger partial charge < -0.3 is 5.32 Å². The number of aromatic nitrogens is 3. The molecule has 0 saturated heterocycles. The highest BCUT2D eigenvalue weighted by Gasteiger charge is 2.07. The SMILES string of the molecule is CNCc1cn2nc(-c3cc(Br)ccc3C)ccc2n1. The molecule has 102 valence electrons. The van der Waals surface area contributed by atoms with Crippen LogP contribution in [0.1, 0.15) is 11.3 Å². The third-order valence-electron chi connectivity index (χ3n) is 3.20. The van der Waals surface area contributed by atoms with Crippen LogP contribution in [0.3, 0.4) is 0 Å². The van der Waals surface area contributed by atoms with E-state index in [9.17, 15) is 0 Å². The number of rotatable bonds is 3. The number of fused-ring (bicyclic) bond motifs is 1. The van der Waals surface area contributed by atoms with Crippen LogP contribution in [0.2, 0.25) is 0 Å². The van der Waals surface area contributed by atoms with E-state index in [1.54, 1.807) is 0 Å². The van der Waals surface area contributed by atoms with E-state index in [1.165, 1.54) is 5.56 Å². The van der Waals surface area contributed by atoms with E-state index in [1.807, 2.05) is 36.0 Å². The fraction of sp³-hybridized carbons (Fsp3) is 0.200. The summed E-state index contributed by atoms with van der Waals surface area (Å²) >= 11 is 3.51. The second-order valence-electron chi connectivity index (χ2n) is 4.74. The minimum Gasteiger partial charge on any atom is -0.314 e. The van der Waals surface area contributed by atoms with Crippen LogP contribution in [-0.2, 0) is 6.54 Å². The lowest BCUT2D eigenvalue weighted by molar-refractivity contribution is 0.796. The van der Waals surface area contributed by atoms with Crippen LogP contribution in [0.4, 0.5) is 0 Å². The number of nitrogens with zero attached hydrogens (tertiary/aromatic N) is 3. The van der Waals surface area contributed by atoms with E-state index in [2.05, 4.69) is 50.4 Å². The predicted octanol–water partition coefficient (Wildman–Crippen LogP) is 3.19. The van der Waals surface area contributed by atoms with Gasteiger partial charge in [0, 0.05) is 16.6 Å². The molecule has 3 aromatic rings. The standard InChI is InChI=1S/C15H15BrN4/c1-10-3-4-11(16)7-13(10)14-5-6-15-18-12(8-17-2)9-20(15)19-14/h3-7,9,17H,8H2,1-2H3. The second-order valence-corrected chi connectivity index (χ2v) is 5.66. The van der Waals surface area contributed by atoms with Gasteiger partial charge in [0.15, 0.2) is 5.65 Å². The molecule has 0 radical (unpaired) electrons. The Hall–Kier alpha value is -1.72. The predicted molar refractivity (Wildman–Crippen MR) is 83.6 cm³/mol. The summed E-state index contributed by atoms with van der Waals surface area (Å²) in [5, 5.41) is 7.75. The first-order valence-electron chi connectivity index (χ1n) is 6.44. The topological polar surface area (TPSA) is 42.2 Å². The first kappa shape index (κ1) is 13.3. The van der Waals surface area contributed by atoms with Crippen LogP contribution >= 0.6 is 15.9 Å². The highest BCUT2D eigenvalue weighted by molar-refractivity contribution is 9.10. The molecule has 0 fully saturated rings. The Morgan fingerprint density at radius 1 is 1.25 bits per heavy atom. The van der Waals surface area contributed by atoms with Gasteiger partial charge in [-0.05, 0) is 43.8 Å². The van der Waals surface area contributed by atoms with Crippen LogP contribution in [0.5, 0.6) is 0 Å². The quantitative estimate of drug-likeness (QED) is 0.801. The van der Waals surface area contributed by atoms with Crippen molar-refractivity contribution in [1.82, 2.24) is 19.9 Å². The van der Waals surface area contributed by atoms with Gasteiger partial charge in [0.25, 0.3) is 0 Å². The van der Waals surface area contributed by atoms with Crippen LogP contribution < -0.4 is 5.32 Å². The number of hydrogen-bond acceptors (Lipinski definition) is 3. The molecule has 0 aliphatic heterocycles. The van der Waals surface area contributed by atoms with Crippen LogP contribution in [0.25, 0.3) is 16.9 Å². The summed E-state index contributed by atoms with van der Waals surface area (Å²) in [6.07, 6.45) is 1.96. The minimum absolute atomic E-state index is 0.745. The Labute approximate surface area is 126 Å². The zero-order valence-corrected chi connectivity index (χ0v) is 13.0. The summed E-state index contributed by atoms with van der Waals surface area (Å²) in [5.74, 6) is 0. The Balaban J connectivity index is 2.10. The van der Waals surface area contributed by atoms with Crippen molar-refractivity contribution in [3.05, 3.63) is 52.3 Å². The van der Waals surface area contributed by atoms with E-state index in [4.69, 9.17) is 0 Å². The smallest absolute Gasteiger partial charge is 0.153 e. The van der Waals surface area contributed by atoms with E-state index >= 15 is 0 Å². The molecule has 2 heterocycles. The van der Waals surface area contributed by atoms with Crippen LogP contribution in [-0.4, -0.2) is 21.6 Å². The molecule has 0 unspecified atom stereocenters. The highest BCUT2D eigenvalue weighted by Crippen LogP contribution is 2.25. The first-order valence-corrected chi connectivity index (χ1v) is 7.23. The molecule has 20 heavy (non-hydrogen) atoms. The lowest BCUT2D eigenvalue weighted by atomic mass is 10.1. The molecule has 0 saturated carbocycles. The third kappa shape index (κ3) is 2.46. The molecule has 2 aromatic heterocycles. The molecule has 0 atom stereocenters. The molecule has 5 heteroatoms. The number of hydrogen-bond donors (Lipinski definition) is 1. The second kappa shape index (κ2) is 5.34. The third-order valence-corrected chi connectivity index (χ3v) is 3.70. The molecule has 0 aliphatic carbocycles.